The van der Waals surface area contributed by atoms with E-state index in [1.54, 1.807) is 6.92 Å². The number of nitrogens with one attached hydrogen (secondary N) is 2. The molecule has 0 saturated carbocycles. The maximum absolute atomic E-state index is 11.8. The van der Waals surface area contributed by atoms with Gasteiger partial charge in [0.15, 0.2) is 0 Å². The van der Waals surface area contributed by atoms with Gasteiger partial charge in [-0.05, 0) is 44.0 Å². The summed E-state index contributed by atoms with van der Waals surface area (Å²) in [5, 5.41) is 3.35. The van der Waals surface area contributed by atoms with Gasteiger partial charge in [-0.2, -0.15) is 0 Å². The Kier molecular flexibility index (Phi) is 4.45. The molecule has 1 aromatic heterocycles. The van der Waals surface area contributed by atoms with E-state index in [4.69, 9.17) is 4.74 Å². The van der Waals surface area contributed by atoms with Gasteiger partial charge in [-0.25, -0.2) is 4.79 Å². The van der Waals surface area contributed by atoms with Crippen LogP contribution in [0.25, 0.3) is 0 Å². The molecule has 0 radical (unpaired) electrons. The van der Waals surface area contributed by atoms with Gasteiger partial charge in [0.25, 0.3) is 0 Å². The molecule has 0 saturated heterocycles. The molecule has 1 aromatic carbocycles. The van der Waals surface area contributed by atoms with Gasteiger partial charge in [0.05, 0.1) is 6.61 Å². The van der Waals surface area contributed by atoms with Gasteiger partial charge in [0.2, 0.25) is 0 Å². The predicted octanol–water partition coefficient (Wildman–Crippen LogP) is 3.42. The van der Waals surface area contributed by atoms with E-state index < -0.39 is 0 Å². The Hall–Kier alpha value is -2.23. The zero-order chi connectivity index (χ0) is 14.5. The van der Waals surface area contributed by atoms with Crippen LogP contribution in [0.15, 0.2) is 30.3 Å². The van der Waals surface area contributed by atoms with Crippen LogP contribution >= 0.6 is 0 Å². The number of para-hydroxylation sites is 1. The molecule has 0 amide bonds. The summed E-state index contributed by atoms with van der Waals surface area (Å²) in [6, 6.07) is 10.00. The minimum atomic E-state index is -0.293. The zero-order valence-electron chi connectivity index (χ0n) is 12.1. The molecule has 2 aromatic rings. The predicted molar refractivity (Wildman–Crippen MR) is 80.0 cm³/mol. The van der Waals surface area contributed by atoms with E-state index in [9.17, 15) is 4.79 Å². The van der Waals surface area contributed by atoms with E-state index in [2.05, 4.69) is 10.3 Å². The van der Waals surface area contributed by atoms with Gasteiger partial charge in [-0.1, -0.05) is 18.2 Å². The third-order valence-electron chi connectivity index (χ3n) is 3.32. The highest BCUT2D eigenvalue weighted by molar-refractivity contribution is 5.89. The molecular formula is C16H20N2O2. The molecule has 0 aliphatic carbocycles. The van der Waals surface area contributed by atoms with E-state index >= 15 is 0 Å². The largest absolute Gasteiger partial charge is 0.461 e. The molecule has 106 valence electrons. The van der Waals surface area contributed by atoms with Gasteiger partial charge in [0, 0.05) is 17.9 Å². The summed E-state index contributed by atoms with van der Waals surface area (Å²) in [5.74, 6) is -0.293. The van der Waals surface area contributed by atoms with Crippen LogP contribution in [0.2, 0.25) is 0 Å². The summed E-state index contributed by atoms with van der Waals surface area (Å²) < 4.78 is 5.05. The second-order valence-corrected chi connectivity index (χ2v) is 4.67. The summed E-state index contributed by atoms with van der Waals surface area (Å²) in [6.07, 6.45) is 0. The Morgan fingerprint density at radius 3 is 2.60 bits per heavy atom. The minimum Gasteiger partial charge on any atom is -0.461 e. The Balaban J connectivity index is 2.14. The topological polar surface area (TPSA) is 54.1 Å². The molecule has 0 atom stereocenters. The van der Waals surface area contributed by atoms with Crippen molar-refractivity contribution in [2.24, 2.45) is 0 Å². The first-order chi connectivity index (χ1) is 9.63. The van der Waals surface area contributed by atoms with Crippen LogP contribution in [0.1, 0.15) is 34.2 Å². The molecule has 2 N–H and O–H groups in total. The molecule has 0 aliphatic rings. The molecule has 1 heterocycles. The minimum absolute atomic E-state index is 0.293. The number of hydrogen-bond donors (Lipinski definition) is 2. The lowest BCUT2D eigenvalue weighted by Gasteiger charge is -2.07. The molecule has 0 fully saturated rings. The Labute approximate surface area is 119 Å². The third kappa shape index (κ3) is 3.02. The van der Waals surface area contributed by atoms with Crippen LogP contribution in [-0.4, -0.2) is 17.6 Å². The number of ether oxygens (including phenoxy) is 1. The molecule has 4 heteroatoms. The van der Waals surface area contributed by atoms with Crippen molar-refractivity contribution in [3.05, 3.63) is 52.8 Å². The first kappa shape index (κ1) is 14.2. The first-order valence-corrected chi connectivity index (χ1v) is 6.77. The van der Waals surface area contributed by atoms with Crippen LogP contribution in [-0.2, 0) is 11.3 Å². The van der Waals surface area contributed by atoms with Crippen molar-refractivity contribution >= 4 is 11.7 Å². The number of rotatable bonds is 5. The molecule has 2 rings (SSSR count). The number of aromatic nitrogens is 1. The summed E-state index contributed by atoms with van der Waals surface area (Å²) in [5.41, 5.74) is 4.66. The normalized spacial score (nSPS) is 10.3. The number of esters is 1. The number of carbonyl (C=O) groups is 1. The highest BCUT2D eigenvalue weighted by atomic mass is 16.5. The van der Waals surface area contributed by atoms with E-state index in [0.29, 0.717) is 18.8 Å². The van der Waals surface area contributed by atoms with E-state index in [-0.39, 0.29) is 5.97 Å². The standard InChI is InChI=1S/C16H20N2O2/c1-4-20-16(19)15-11(2)14(12(3)18-15)10-17-13-8-6-5-7-9-13/h5-9,17-18H,4,10H2,1-3H3. The van der Waals surface area contributed by atoms with Crippen molar-refractivity contribution in [1.29, 1.82) is 0 Å². The van der Waals surface area contributed by atoms with Crippen LogP contribution in [0.4, 0.5) is 5.69 Å². The molecule has 0 spiro atoms. The maximum Gasteiger partial charge on any atom is 0.355 e. The fraction of sp³-hybridized carbons (Fsp3) is 0.312. The van der Waals surface area contributed by atoms with E-state index in [0.717, 1.165) is 22.5 Å². The van der Waals surface area contributed by atoms with Crippen LogP contribution < -0.4 is 5.32 Å². The number of benzene rings is 1. The van der Waals surface area contributed by atoms with E-state index in [1.807, 2.05) is 44.2 Å². The average molecular weight is 272 g/mol. The van der Waals surface area contributed by atoms with Gasteiger partial charge in [-0.3, -0.25) is 0 Å². The fourth-order valence-electron chi connectivity index (χ4n) is 2.21. The van der Waals surface area contributed by atoms with Crippen LogP contribution in [0, 0.1) is 13.8 Å². The van der Waals surface area contributed by atoms with Crippen molar-refractivity contribution in [1.82, 2.24) is 4.98 Å². The van der Waals surface area contributed by atoms with Crippen LogP contribution in [0.3, 0.4) is 0 Å². The lowest BCUT2D eigenvalue weighted by molar-refractivity contribution is 0.0519. The number of aromatic amines is 1. The average Bonchev–Trinajstić information content (AvgIpc) is 2.73. The first-order valence-electron chi connectivity index (χ1n) is 6.77. The Morgan fingerprint density at radius 1 is 1.25 bits per heavy atom. The summed E-state index contributed by atoms with van der Waals surface area (Å²) in [7, 11) is 0. The van der Waals surface area contributed by atoms with Gasteiger partial charge in [-0.15, -0.1) is 0 Å². The monoisotopic (exact) mass is 272 g/mol. The molecule has 0 unspecified atom stereocenters. The smallest absolute Gasteiger partial charge is 0.355 e. The lowest BCUT2D eigenvalue weighted by Crippen LogP contribution is -2.07. The number of hydrogen-bond acceptors (Lipinski definition) is 3. The van der Waals surface area contributed by atoms with Crippen molar-refractivity contribution in [3.8, 4) is 0 Å². The molecule has 0 aliphatic heterocycles. The van der Waals surface area contributed by atoms with Gasteiger partial charge >= 0.3 is 5.97 Å². The number of aryl methyl sites for hydroxylation is 1. The van der Waals surface area contributed by atoms with Gasteiger partial charge < -0.3 is 15.0 Å². The molecule has 4 nitrogen and oxygen atoms in total. The second-order valence-electron chi connectivity index (χ2n) is 4.67. The van der Waals surface area contributed by atoms with E-state index in [1.165, 1.54) is 0 Å². The van der Waals surface area contributed by atoms with Crippen molar-refractivity contribution < 1.29 is 9.53 Å². The quantitative estimate of drug-likeness (QED) is 0.820. The Bertz CT molecular complexity index is 588. The SMILES string of the molecule is CCOC(=O)c1[nH]c(C)c(CNc2ccccc2)c1C. The van der Waals surface area contributed by atoms with Gasteiger partial charge in [0.1, 0.15) is 5.69 Å². The van der Waals surface area contributed by atoms with Crippen molar-refractivity contribution in [3.63, 3.8) is 0 Å². The van der Waals surface area contributed by atoms with Crippen molar-refractivity contribution in [2.75, 3.05) is 11.9 Å². The van der Waals surface area contributed by atoms with Crippen LogP contribution in [0.5, 0.6) is 0 Å². The zero-order valence-corrected chi connectivity index (χ0v) is 12.1. The van der Waals surface area contributed by atoms with Crippen molar-refractivity contribution in [2.45, 2.75) is 27.3 Å². The summed E-state index contributed by atoms with van der Waals surface area (Å²) >= 11 is 0. The highest BCUT2D eigenvalue weighted by Crippen LogP contribution is 2.20. The lowest BCUT2D eigenvalue weighted by atomic mass is 10.1. The second kappa shape index (κ2) is 6.28. The Morgan fingerprint density at radius 2 is 1.95 bits per heavy atom. The number of anilines is 1. The molecule has 0 bridgehead atoms. The fourth-order valence-corrected chi connectivity index (χ4v) is 2.21. The third-order valence-corrected chi connectivity index (χ3v) is 3.32. The molecule has 20 heavy (non-hydrogen) atoms. The maximum atomic E-state index is 11.8. The summed E-state index contributed by atoms with van der Waals surface area (Å²) in [6.45, 7) is 6.78. The molecular weight excluding hydrogens is 252 g/mol. The number of carbonyl (C=O) groups excluding carboxylic acids is 1. The summed E-state index contributed by atoms with van der Waals surface area (Å²) in [4.78, 5) is 15.0. The number of H-pyrrole nitrogens is 1. The highest BCUT2D eigenvalue weighted by Gasteiger charge is 2.17.